The van der Waals surface area contributed by atoms with Crippen LogP contribution >= 0.6 is 0 Å². The zero-order chi connectivity index (χ0) is 27.8. The average molecular weight is 611 g/mol. The van der Waals surface area contributed by atoms with Crippen LogP contribution in [-0.4, -0.2) is 78.0 Å². The van der Waals surface area contributed by atoms with Crippen molar-refractivity contribution in [1.82, 2.24) is 5.32 Å². The molecule has 0 aromatic carbocycles. The lowest BCUT2D eigenvalue weighted by molar-refractivity contribution is -0.450. The van der Waals surface area contributed by atoms with Crippen molar-refractivity contribution in [1.29, 1.82) is 0 Å². The summed E-state index contributed by atoms with van der Waals surface area (Å²) in [5.74, 6) is -52.2. The van der Waals surface area contributed by atoms with Crippen molar-refractivity contribution in [2.45, 2.75) is 76.5 Å². The van der Waals surface area contributed by atoms with Gasteiger partial charge in [-0.05, 0) is 19.0 Å². The second kappa shape index (κ2) is 12.7. The van der Waals surface area contributed by atoms with E-state index in [-0.39, 0.29) is 28.7 Å². The van der Waals surface area contributed by atoms with Crippen molar-refractivity contribution < 1.29 is 84.6 Å². The molecule has 0 spiro atoms. The first-order valence-electron chi connectivity index (χ1n) is 8.20. The number of hydrogen-bond acceptors (Lipinski definition) is 4. The van der Waals surface area contributed by atoms with Crippen LogP contribution in [0.3, 0.4) is 0 Å². The number of halogens is 16. The Morgan fingerprint density at radius 3 is 1.32 bits per heavy atom. The molecule has 0 atom stereocenters. The van der Waals surface area contributed by atoms with Crippen LogP contribution in [0.4, 0.5) is 70.2 Å². The zero-order valence-corrected chi connectivity index (χ0v) is 16.8. The summed E-state index contributed by atoms with van der Waals surface area (Å²) >= 11 is 0. The molecule has 0 radical (unpaired) electrons. The molecule has 0 aliphatic rings. The third-order valence-corrected chi connectivity index (χ3v) is 4.94. The van der Waals surface area contributed by atoms with Gasteiger partial charge in [-0.2, -0.15) is 65.9 Å². The van der Waals surface area contributed by atoms with Gasteiger partial charge in [-0.3, -0.25) is 0 Å². The van der Waals surface area contributed by atoms with Gasteiger partial charge >= 0.3 is 50.5 Å². The molecule has 0 aliphatic carbocycles. The predicted octanol–water partition coefficient (Wildman–Crippen LogP) is 6.02. The molecule has 0 amide bonds. The first-order chi connectivity index (χ1) is 14.6. The molecule has 0 saturated heterocycles. The van der Waals surface area contributed by atoms with Crippen molar-refractivity contribution in [2.75, 3.05) is 13.1 Å². The van der Waals surface area contributed by atoms with Crippen LogP contribution in [0.15, 0.2) is 11.9 Å². The Morgan fingerprint density at radius 2 is 0.973 bits per heavy atom. The Morgan fingerprint density at radius 1 is 0.622 bits per heavy atom. The fourth-order valence-corrected chi connectivity index (χ4v) is 2.61. The van der Waals surface area contributed by atoms with Gasteiger partial charge in [0.1, 0.15) is 0 Å². The van der Waals surface area contributed by atoms with Crippen LogP contribution in [0.1, 0.15) is 28.7 Å². The largest absolute Gasteiger partial charge is 0.492 e. The van der Waals surface area contributed by atoms with Gasteiger partial charge in [0.15, 0.2) is 5.83 Å². The summed E-state index contributed by atoms with van der Waals surface area (Å²) in [5, 5.41) is 1.86. The van der Waals surface area contributed by atoms with Gasteiger partial charge in [-0.25, -0.2) is 4.39 Å². The van der Waals surface area contributed by atoms with Crippen LogP contribution in [-0.2, 0) is 0 Å². The molecule has 228 valence electrons. The number of allylic oxidation sites excluding steroid dienone is 1. The van der Waals surface area contributed by atoms with E-state index < -0.39 is 81.6 Å². The molecule has 0 fully saturated rings. The van der Waals surface area contributed by atoms with Gasteiger partial charge in [0.2, 0.25) is 0 Å². The molecular formula is C16H25F16NO3Si. The smallest absolute Gasteiger partial charge is 0.390 e. The Kier molecular flexibility index (Phi) is 14.7. The van der Waals surface area contributed by atoms with Gasteiger partial charge in [0.05, 0.1) is 0 Å². The highest BCUT2D eigenvalue weighted by atomic mass is 28.4. The van der Waals surface area contributed by atoms with E-state index in [1.54, 1.807) is 0 Å². The lowest BCUT2D eigenvalue weighted by Crippen LogP contribution is -2.72. The van der Waals surface area contributed by atoms with Crippen molar-refractivity contribution >= 4 is 8.80 Å². The minimum absolute atomic E-state index is 0. The van der Waals surface area contributed by atoms with Crippen molar-refractivity contribution in [2.24, 2.45) is 0 Å². The van der Waals surface area contributed by atoms with E-state index in [2.05, 4.69) is 0 Å². The highest BCUT2D eigenvalue weighted by Crippen LogP contribution is 2.63. The third kappa shape index (κ3) is 7.85. The molecule has 0 rings (SSSR count). The maximum absolute atomic E-state index is 13.5. The molecule has 0 bridgehead atoms. The van der Waals surface area contributed by atoms with Crippen molar-refractivity contribution in [3.8, 4) is 0 Å². The lowest BCUT2D eigenvalue weighted by atomic mass is 9.90. The van der Waals surface area contributed by atoms with Gasteiger partial charge in [-0.15, -0.1) is 0 Å². The second-order valence-corrected chi connectivity index (χ2v) is 8.63. The average Bonchev–Trinajstić information content (AvgIpc) is 2.61. The SMILES string of the molecule is C.C.C.O[Si](O)(O)CCCNC/C=C(\F)C(F)(F)C(F)(F)C(F)(F)C(F)(F)C(F)(F)C(F)(F)C(F)(F)F. The summed E-state index contributed by atoms with van der Waals surface area (Å²) in [4.78, 5) is 25.9. The third-order valence-electron chi connectivity index (χ3n) is 3.92. The van der Waals surface area contributed by atoms with Crippen LogP contribution in [0.25, 0.3) is 0 Å². The molecule has 0 saturated carbocycles. The molecule has 4 nitrogen and oxygen atoms in total. The minimum Gasteiger partial charge on any atom is -0.390 e. The number of rotatable bonds is 12. The highest BCUT2D eigenvalue weighted by Gasteiger charge is 2.93. The number of alkyl halides is 15. The Bertz CT molecular complexity index is 735. The Balaban J connectivity index is -0.00000181. The molecule has 0 aromatic rings. The maximum atomic E-state index is 13.5. The van der Waals surface area contributed by atoms with E-state index in [9.17, 15) is 70.2 Å². The fraction of sp³-hybridized carbons (Fsp3) is 0.875. The Labute approximate surface area is 201 Å². The van der Waals surface area contributed by atoms with Crippen molar-refractivity contribution in [3.05, 3.63) is 11.9 Å². The first kappa shape index (κ1) is 42.8. The van der Waals surface area contributed by atoms with E-state index in [1.165, 1.54) is 0 Å². The molecular weight excluding hydrogens is 586 g/mol. The van der Waals surface area contributed by atoms with E-state index in [0.29, 0.717) is 0 Å². The van der Waals surface area contributed by atoms with Gasteiger partial charge < -0.3 is 19.7 Å². The monoisotopic (exact) mass is 611 g/mol. The molecule has 4 N–H and O–H groups in total. The van der Waals surface area contributed by atoms with Crippen LogP contribution in [0, 0.1) is 0 Å². The summed E-state index contributed by atoms with van der Waals surface area (Å²) < 4.78 is 208. The summed E-state index contributed by atoms with van der Waals surface area (Å²) in [5.41, 5.74) is 0. The van der Waals surface area contributed by atoms with Crippen LogP contribution in [0.2, 0.25) is 6.04 Å². The van der Waals surface area contributed by atoms with Crippen molar-refractivity contribution in [3.63, 3.8) is 0 Å². The maximum Gasteiger partial charge on any atom is 0.492 e. The second-order valence-electron chi connectivity index (χ2n) is 6.58. The summed E-state index contributed by atoms with van der Waals surface area (Å²) in [6.07, 6.45) is -8.81. The van der Waals surface area contributed by atoms with Gasteiger partial charge in [0.25, 0.3) is 0 Å². The highest BCUT2D eigenvalue weighted by molar-refractivity contribution is 6.56. The number of nitrogens with one attached hydrogen (secondary N) is 1. The molecule has 21 heteroatoms. The summed E-state index contributed by atoms with van der Waals surface area (Å²) in [6.45, 7) is -1.81. The summed E-state index contributed by atoms with van der Waals surface area (Å²) in [6, 6.07) is -0.682. The van der Waals surface area contributed by atoms with E-state index in [4.69, 9.17) is 14.4 Å². The van der Waals surface area contributed by atoms with Crippen LogP contribution < -0.4 is 5.32 Å². The number of hydrogen-bond donors (Lipinski definition) is 4. The molecule has 0 aliphatic heterocycles. The molecule has 0 unspecified atom stereocenters. The molecule has 0 heterocycles. The quantitative estimate of drug-likeness (QED) is 0.124. The summed E-state index contributed by atoms with van der Waals surface area (Å²) in [7, 11) is -4.56. The van der Waals surface area contributed by atoms with E-state index >= 15 is 0 Å². The van der Waals surface area contributed by atoms with Crippen LogP contribution in [0.5, 0.6) is 0 Å². The topological polar surface area (TPSA) is 72.7 Å². The molecule has 37 heavy (non-hydrogen) atoms. The van der Waals surface area contributed by atoms with E-state index in [1.807, 2.05) is 5.32 Å². The zero-order valence-electron chi connectivity index (χ0n) is 15.8. The van der Waals surface area contributed by atoms with Gasteiger partial charge in [-0.1, -0.05) is 22.3 Å². The first-order valence-corrected chi connectivity index (χ1v) is 10.3. The fourth-order valence-electron chi connectivity index (χ4n) is 1.96. The van der Waals surface area contributed by atoms with Gasteiger partial charge in [0, 0.05) is 12.6 Å². The normalized spacial score (nSPS) is 14.9. The minimum atomic E-state index is -8.50. The molecule has 0 aromatic heterocycles. The lowest BCUT2D eigenvalue weighted by Gasteiger charge is -2.41. The van der Waals surface area contributed by atoms with E-state index in [0.717, 1.165) is 0 Å². The standard InChI is InChI=1S/C13H13F16NO3Si.3CH4/c14-6(2-4-30-3-1-5-34(31,32)33)7(15,16)8(17,18)9(19,20)10(21,22)11(23,24)12(25,26)13(27,28)29;;;/h2,30-33H,1,3-5H2;3*1H4/b6-2-;;;. The Hall–Kier alpha value is -1.32. The predicted molar refractivity (Wildman–Crippen MR) is 99.8 cm³/mol.